The second kappa shape index (κ2) is 33.1. The predicted octanol–water partition coefficient (Wildman–Crippen LogP) is 36.5. The molecule has 8 nitrogen and oxygen atoms in total. The van der Waals surface area contributed by atoms with Crippen molar-refractivity contribution in [1.29, 1.82) is 0 Å². The number of nitrogens with zero attached hydrogens (tertiary/aromatic N) is 8. The molecule has 8 heteroatoms. The number of benzene rings is 23. The lowest BCUT2D eigenvalue weighted by Crippen LogP contribution is -2.03. The van der Waals surface area contributed by atoms with Gasteiger partial charge in [-0.25, -0.2) is 0 Å². The van der Waals surface area contributed by atoms with Crippen LogP contribution in [0.3, 0.4) is 0 Å². The number of aromatic nitrogens is 8. The Balaban J connectivity index is 0.000000136. The minimum absolute atomic E-state index is 1.09. The largest absolute Gasteiger partial charge is 0.309 e. The second-order valence-electron chi connectivity index (χ2n) is 38.6. The topological polar surface area (TPSA) is 39.4 Å². The highest BCUT2D eigenvalue weighted by molar-refractivity contribution is 6.21. The standard InChI is InChI=1S/C72H46N4.C66H42N4/c1-4-18-47(19-5-1)50-34-39-68-60(42-50)61-43-52(35-40-69(61)73(68)53-22-8-3-9-23-53)49-32-37-54(38-33-49)75-70-41-36-51(48-20-6-2-7-21-48)44-62(70)63-45-55(74-64-28-14-10-24-56(64)57-25-11-15-29-65(57)74)46-71(72(63)75)76-66-30-16-12-26-58(66)59-27-13-17-31-67(59)76;1-3-17-43(18-4-1)45-33-37-63-55(39-45)56-40-46(34-38-64(56)67(63)47-19-5-2-6-20-47)44-31-35-48(36-32-44)69-60-28-14-11-25-54(60)57-41-49(68-58-26-12-7-21-50(58)51-22-8-13-27-59(51)68)42-65(66(57)69)70-61-29-15-9-23-52(61)53-24-10-16-30-62(53)70/h1-46H;1-42H. The molecule has 0 saturated carbocycles. The van der Waals surface area contributed by atoms with Crippen molar-refractivity contribution < 1.29 is 0 Å². The van der Waals surface area contributed by atoms with Crippen molar-refractivity contribution in [2.24, 2.45) is 0 Å². The normalized spacial score (nSPS) is 12.0. The summed E-state index contributed by atoms with van der Waals surface area (Å²) in [6, 6.07) is 196. The number of rotatable bonds is 13. The van der Waals surface area contributed by atoms with Crippen LogP contribution in [0.25, 0.3) is 276 Å². The fourth-order valence-corrected chi connectivity index (χ4v) is 24.2. The van der Waals surface area contributed by atoms with Crippen LogP contribution in [0.15, 0.2) is 534 Å². The Morgan fingerprint density at radius 3 is 0.527 bits per heavy atom. The summed E-state index contributed by atoms with van der Waals surface area (Å²) >= 11 is 0. The van der Waals surface area contributed by atoms with E-state index in [0.717, 1.165) is 73.1 Å². The van der Waals surface area contributed by atoms with E-state index in [0.29, 0.717) is 0 Å². The van der Waals surface area contributed by atoms with Crippen LogP contribution in [0, 0.1) is 0 Å². The molecule has 0 aliphatic carbocycles. The average Bonchev–Trinajstić information content (AvgIpc) is 1.55. The van der Waals surface area contributed by atoms with E-state index in [-0.39, 0.29) is 0 Å². The average molecular weight is 1860 g/mol. The molecule has 680 valence electrons. The molecule has 0 saturated heterocycles. The summed E-state index contributed by atoms with van der Waals surface area (Å²) in [6.07, 6.45) is 0. The van der Waals surface area contributed by atoms with E-state index in [1.807, 2.05) is 0 Å². The van der Waals surface area contributed by atoms with Crippen molar-refractivity contribution in [3.8, 4) is 101 Å². The first kappa shape index (κ1) is 82.4. The highest BCUT2D eigenvalue weighted by atomic mass is 15.1. The van der Waals surface area contributed by atoms with E-state index in [1.165, 1.54) is 202 Å². The van der Waals surface area contributed by atoms with E-state index < -0.39 is 0 Å². The minimum Gasteiger partial charge on any atom is -0.309 e. The molecule has 8 aromatic heterocycles. The molecule has 31 aromatic rings. The highest BCUT2D eigenvalue weighted by Gasteiger charge is 2.29. The maximum absolute atomic E-state index is 2.51. The summed E-state index contributed by atoms with van der Waals surface area (Å²) in [5, 5.41) is 19.6. The Labute approximate surface area is 839 Å². The maximum Gasteiger partial charge on any atom is 0.0784 e. The van der Waals surface area contributed by atoms with E-state index in [2.05, 4.69) is 570 Å². The van der Waals surface area contributed by atoms with Crippen molar-refractivity contribution >= 4 is 174 Å². The molecule has 0 aliphatic rings. The van der Waals surface area contributed by atoms with E-state index in [4.69, 9.17) is 0 Å². The van der Waals surface area contributed by atoms with Gasteiger partial charge in [-0.15, -0.1) is 0 Å². The monoisotopic (exact) mass is 1860 g/mol. The molecule has 0 fully saturated rings. The fraction of sp³-hybridized carbons (Fsp3) is 0. The predicted molar refractivity (Wildman–Crippen MR) is 615 cm³/mol. The first-order chi connectivity index (χ1) is 72.5. The Morgan fingerprint density at radius 1 is 0.0890 bits per heavy atom. The van der Waals surface area contributed by atoms with Crippen LogP contribution < -0.4 is 0 Å². The van der Waals surface area contributed by atoms with E-state index in [9.17, 15) is 0 Å². The Kier molecular flexibility index (Phi) is 18.6. The van der Waals surface area contributed by atoms with Gasteiger partial charge >= 0.3 is 0 Å². The van der Waals surface area contributed by atoms with Gasteiger partial charge in [0.25, 0.3) is 0 Å². The summed E-state index contributed by atoms with van der Waals surface area (Å²) in [6.45, 7) is 0. The SMILES string of the molecule is c1ccc(-c2ccc3c(c2)c2cc(-c4ccc(-n5c6ccc(-c7ccccc7)cc6c6cc(-n7c8ccccc8c8ccccc87)cc(-n7c8ccccc8c8ccccc87)c65)cc4)ccc2n3-c2ccccc2)cc1.c1ccc(-c2ccc3c(c2)c2cc(-c4ccc(-n5c6ccccc6c6cc(-n7c8ccccc8c8ccccc87)cc(-n7c8ccccc8c8ccccc87)c65)cc4)ccc2n3-c2ccccc2)cc1. The molecule has 0 spiro atoms. The Bertz CT molecular complexity index is 10500. The summed E-state index contributed by atoms with van der Waals surface area (Å²) in [5.74, 6) is 0. The Morgan fingerprint density at radius 2 is 0.260 bits per heavy atom. The van der Waals surface area contributed by atoms with Crippen molar-refractivity contribution in [2.45, 2.75) is 0 Å². The zero-order chi connectivity index (χ0) is 95.7. The van der Waals surface area contributed by atoms with Gasteiger partial charge in [-0.1, -0.05) is 346 Å². The molecule has 0 aliphatic heterocycles. The summed E-state index contributed by atoms with van der Waals surface area (Å²) in [5.41, 5.74) is 39.7. The minimum atomic E-state index is 1.09. The van der Waals surface area contributed by atoms with Gasteiger partial charge in [-0.2, -0.15) is 0 Å². The third kappa shape index (κ3) is 12.8. The summed E-state index contributed by atoms with van der Waals surface area (Å²) in [7, 11) is 0. The molecule has 8 heterocycles. The van der Waals surface area contributed by atoms with Crippen LogP contribution in [-0.4, -0.2) is 36.5 Å². The number of hydrogen-bond donors (Lipinski definition) is 0. The molecule has 0 N–H and O–H groups in total. The number of para-hydroxylation sites is 11. The van der Waals surface area contributed by atoms with Gasteiger partial charge in [-0.3, -0.25) is 0 Å². The molecule has 31 rings (SSSR count). The van der Waals surface area contributed by atoms with Crippen molar-refractivity contribution in [3.05, 3.63) is 534 Å². The molecule has 0 bridgehead atoms. The first-order valence-electron chi connectivity index (χ1n) is 50.3. The third-order valence-electron chi connectivity index (χ3n) is 30.7. The lowest BCUT2D eigenvalue weighted by molar-refractivity contribution is 1.11. The van der Waals surface area contributed by atoms with Crippen LogP contribution in [0.2, 0.25) is 0 Å². The van der Waals surface area contributed by atoms with Crippen LogP contribution in [0.5, 0.6) is 0 Å². The molecule has 146 heavy (non-hydrogen) atoms. The van der Waals surface area contributed by atoms with Crippen LogP contribution >= 0.6 is 0 Å². The third-order valence-corrected chi connectivity index (χ3v) is 30.7. The smallest absolute Gasteiger partial charge is 0.0784 e. The number of fused-ring (bicyclic) bond motifs is 24. The van der Waals surface area contributed by atoms with Gasteiger partial charge in [0.2, 0.25) is 0 Å². The lowest BCUT2D eigenvalue weighted by atomic mass is 10.00. The summed E-state index contributed by atoms with van der Waals surface area (Å²) in [4.78, 5) is 0. The van der Waals surface area contributed by atoms with Gasteiger partial charge in [0, 0.05) is 120 Å². The van der Waals surface area contributed by atoms with Crippen molar-refractivity contribution in [1.82, 2.24) is 36.5 Å². The maximum atomic E-state index is 2.51. The summed E-state index contributed by atoms with van der Waals surface area (Å²) < 4.78 is 19.7. The van der Waals surface area contributed by atoms with E-state index in [1.54, 1.807) is 0 Å². The van der Waals surface area contributed by atoms with Crippen LogP contribution in [-0.2, 0) is 0 Å². The molecule has 0 unspecified atom stereocenters. The highest BCUT2D eigenvalue weighted by Crippen LogP contribution is 2.50. The lowest BCUT2D eigenvalue weighted by Gasteiger charge is -2.17. The van der Waals surface area contributed by atoms with Gasteiger partial charge in [0.05, 0.1) is 99.6 Å². The molecule has 0 amide bonds. The van der Waals surface area contributed by atoms with Gasteiger partial charge in [-0.05, 0) is 244 Å². The van der Waals surface area contributed by atoms with Crippen molar-refractivity contribution in [3.63, 3.8) is 0 Å². The van der Waals surface area contributed by atoms with E-state index >= 15 is 0 Å². The van der Waals surface area contributed by atoms with Crippen LogP contribution in [0.1, 0.15) is 0 Å². The number of hydrogen-bond acceptors (Lipinski definition) is 0. The fourth-order valence-electron chi connectivity index (χ4n) is 24.2. The quantitative estimate of drug-likeness (QED) is 0.110. The first-order valence-corrected chi connectivity index (χ1v) is 50.3. The zero-order valence-electron chi connectivity index (χ0n) is 79.4. The molecule has 23 aromatic carbocycles. The Hall–Kier alpha value is -19.5. The van der Waals surface area contributed by atoms with Gasteiger partial charge < -0.3 is 36.5 Å². The van der Waals surface area contributed by atoms with Gasteiger partial charge in [0.1, 0.15) is 0 Å². The molecule has 0 radical (unpaired) electrons. The van der Waals surface area contributed by atoms with Gasteiger partial charge in [0.15, 0.2) is 0 Å². The second-order valence-corrected chi connectivity index (χ2v) is 38.6. The van der Waals surface area contributed by atoms with Crippen molar-refractivity contribution in [2.75, 3.05) is 0 Å². The zero-order valence-corrected chi connectivity index (χ0v) is 79.4. The molecular weight excluding hydrogens is 1770 g/mol. The molecule has 0 atom stereocenters. The van der Waals surface area contributed by atoms with Crippen LogP contribution in [0.4, 0.5) is 0 Å². The molecular formula is C138H88N8.